The Hall–Kier alpha value is -5.42. The first-order valence-electron chi connectivity index (χ1n) is 13.5. The van der Waals surface area contributed by atoms with Crippen LogP contribution in [0.25, 0.3) is 22.2 Å². The van der Waals surface area contributed by atoms with Gasteiger partial charge in [-0.1, -0.05) is 46.3 Å². The lowest BCUT2D eigenvalue weighted by Crippen LogP contribution is -2.18. The van der Waals surface area contributed by atoms with Gasteiger partial charge >= 0.3 is 5.97 Å². The van der Waals surface area contributed by atoms with E-state index >= 15 is 0 Å². The van der Waals surface area contributed by atoms with Crippen molar-refractivity contribution in [1.82, 2.24) is 10.4 Å². The zero-order valence-electron chi connectivity index (χ0n) is 24.8. The summed E-state index contributed by atoms with van der Waals surface area (Å²) in [6.45, 7) is 0. The number of hydrogen-bond acceptors (Lipinski definition) is 9. The van der Waals surface area contributed by atoms with Crippen molar-refractivity contribution in [3.05, 3.63) is 106 Å². The first-order valence-corrected chi connectivity index (χ1v) is 14.3. The highest BCUT2D eigenvalue weighted by Gasteiger charge is 2.20. The number of methoxy groups -OCH3 is 4. The summed E-state index contributed by atoms with van der Waals surface area (Å²) < 4.78 is 28.0. The predicted molar refractivity (Wildman–Crippen MR) is 174 cm³/mol. The Balaban J connectivity index is 1.33. The molecular weight excluding hydrogens is 642 g/mol. The fourth-order valence-corrected chi connectivity index (χ4v) is 4.83. The molecule has 1 aromatic heterocycles. The number of pyridine rings is 1. The Kier molecular flexibility index (Phi) is 9.59. The molecule has 228 valence electrons. The Morgan fingerprint density at radius 1 is 0.778 bits per heavy atom. The molecule has 0 fully saturated rings. The molecular formula is C34H28BrN3O7. The minimum Gasteiger partial charge on any atom is -0.493 e. The van der Waals surface area contributed by atoms with Gasteiger partial charge in [0.25, 0.3) is 5.91 Å². The van der Waals surface area contributed by atoms with E-state index in [2.05, 4.69) is 26.5 Å². The lowest BCUT2D eigenvalue weighted by molar-refractivity contribution is 0.0728. The van der Waals surface area contributed by atoms with E-state index in [1.54, 1.807) is 24.3 Å². The number of nitrogens with zero attached hydrogens (tertiary/aromatic N) is 2. The summed E-state index contributed by atoms with van der Waals surface area (Å²) in [5.41, 5.74) is 6.04. The number of ether oxygens (including phenoxy) is 5. The van der Waals surface area contributed by atoms with Crippen molar-refractivity contribution in [2.75, 3.05) is 28.4 Å². The zero-order chi connectivity index (χ0) is 31.9. The van der Waals surface area contributed by atoms with Crippen molar-refractivity contribution < 1.29 is 33.3 Å². The maximum Gasteiger partial charge on any atom is 0.343 e. The smallest absolute Gasteiger partial charge is 0.343 e. The molecule has 1 amide bonds. The number of aromatic nitrogens is 1. The molecule has 0 aliphatic heterocycles. The lowest BCUT2D eigenvalue weighted by atomic mass is 10.0. The number of carbonyl (C=O) groups excluding carboxylic acids is 2. The second-order valence-corrected chi connectivity index (χ2v) is 10.4. The molecule has 0 aliphatic rings. The van der Waals surface area contributed by atoms with Crippen LogP contribution in [0.2, 0.25) is 0 Å². The third-order valence-corrected chi connectivity index (χ3v) is 7.30. The molecule has 45 heavy (non-hydrogen) atoms. The Labute approximate surface area is 267 Å². The summed E-state index contributed by atoms with van der Waals surface area (Å²) in [7, 11) is 5.84. The van der Waals surface area contributed by atoms with Gasteiger partial charge in [-0.2, -0.15) is 5.10 Å². The Morgan fingerprint density at radius 3 is 2.13 bits per heavy atom. The largest absolute Gasteiger partial charge is 0.493 e. The molecule has 1 N–H and O–H groups in total. The second kappa shape index (κ2) is 13.9. The third-order valence-electron chi connectivity index (χ3n) is 6.77. The van der Waals surface area contributed by atoms with Crippen molar-refractivity contribution in [2.24, 2.45) is 5.10 Å². The van der Waals surface area contributed by atoms with Crippen LogP contribution in [0.5, 0.6) is 28.7 Å². The summed E-state index contributed by atoms with van der Waals surface area (Å²) in [6.07, 6.45) is 1.46. The van der Waals surface area contributed by atoms with Crippen molar-refractivity contribution in [2.45, 2.75) is 0 Å². The molecule has 1 heterocycles. The first kappa shape index (κ1) is 31.0. The minimum absolute atomic E-state index is 0.182. The highest BCUT2D eigenvalue weighted by molar-refractivity contribution is 9.10. The van der Waals surface area contributed by atoms with E-state index in [0.29, 0.717) is 45.0 Å². The van der Waals surface area contributed by atoms with Crippen LogP contribution in [0.15, 0.2) is 94.5 Å². The number of amides is 1. The van der Waals surface area contributed by atoms with Crippen LogP contribution in [0, 0.1) is 0 Å². The van der Waals surface area contributed by atoms with Crippen LogP contribution in [-0.4, -0.2) is 51.5 Å². The molecule has 0 radical (unpaired) electrons. The van der Waals surface area contributed by atoms with Gasteiger partial charge in [-0.15, -0.1) is 0 Å². The average Bonchev–Trinajstić information content (AvgIpc) is 3.07. The molecule has 0 aliphatic carbocycles. The van der Waals surface area contributed by atoms with Gasteiger partial charge in [-0.25, -0.2) is 15.2 Å². The number of carbonyl (C=O) groups is 2. The van der Waals surface area contributed by atoms with Gasteiger partial charge in [0.05, 0.1) is 57.0 Å². The highest BCUT2D eigenvalue weighted by atomic mass is 79.9. The molecule has 0 unspecified atom stereocenters. The Bertz CT molecular complexity index is 1880. The number of halogens is 1. The standard InChI is InChI=1S/C34H28BrN3O7/c1-41-29-15-20(9-14-28(29)45-34(40)22-16-30(42-2)32(44-4)31(17-22)43-3)19-36-38-33(39)25-18-27(21-10-12-23(35)13-11-21)37-26-8-6-5-7-24(25)26/h5-19H,1-4H3,(H,38,39). The monoisotopic (exact) mass is 669 g/mol. The summed E-state index contributed by atoms with van der Waals surface area (Å²) in [5, 5.41) is 4.85. The molecule has 0 saturated carbocycles. The van der Waals surface area contributed by atoms with E-state index in [4.69, 9.17) is 28.7 Å². The van der Waals surface area contributed by atoms with Crippen LogP contribution in [0.4, 0.5) is 0 Å². The van der Waals surface area contributed by atoms with E-state index in [1.807, 2.05) is 48.5 Å². The van der Waals surface area contributed by atoms with Gasteiger partial charge in [0, 0.05) is 15.4 Å². The van der Waals surface area contributed by atoms with Gasteiger partial charge in [0.2, 0.25) is 5.75 Å². The topological polar surface area (TPSA) is 118 Å². The van der Waals surface area contributed by atoms with Crippen LogP contribution in [-0.2, 0) is 0 Å². The molecule has 4 aromatic carbocycles. The first-order chi connectivity index (χ1) is 21.8. The van der Waals surface area contributed by atoms with Crippen LogP contribution >= 0.6 is 15.9 Å². The highest BCUT2D eigenvalue weighted by Crippen LogP contribution is 2.39. The summed E-state index contributed by atoms with van der Waals surface area (Å²) in [4.78, 5) is 31.0. The molecule has 0 saturated heterocycles. The number of esters is 1. The fourth-order valence-electron chi connectivity index (χ4n) is 4.56. The second-order valence-electron chi connectivity index (χ2n) is 9.49. The molecule has 0 spiro atoms. The number of benzene rings is 4. The van der Waals surface area contributed by atoms with Crippen molar-refractivity contribution in [3.8, 4) is 40.0 Å². The Morgan fingerprint density at radius 2 is 1.47 bits per heavy atom. The summed E-state index contributed by atoms with van der Waals surface area (Å²) in [6, 6.07) is 24.7. The maximum atomic E-state index is 13.3. The summed E-state index contributed by atoms with van der Waals surface area (Å²) >= 11 is 3.45. The predicted octanol–water partition coefficient (Wildman–Crippen LogP) is 6.68. The van der Waals surface area contributed by atoms with Gasteiger partial charge < -0.3 is 23.7 Å². The minimum atomic E-state index is -0.659. The quantitative estimate of drug-likeness (QED) is 0.0757. The SMILES string of the molecule is COc1cc(C=NNC(=O)c2cc(-c3ccc(Br)cc3)nc3ccccc23)ccc1OC(=O)c1cc(OC)c(OC)c(OC)c1. The van der Waals surface area contributed by atoms with Gasteiger partial charge in [0.15, 0.2) is 23.0 Å². The van der Waals surface area contributed by atoms with Crippen LogP contribution < -0.4 is 29.1 Å². The molecule has 0 atom stereocenters. The van der Waals surface area contributed by atoms with Crippen molar-refractivity contribution in [3.63, 3.8) is 0 Å². The molecule has 5 rings (SSSR count). The zero-order valence-corrected chi connectivity index (χ0v) is 26.4. The van der Waals surface area contributed by atoms with E-state index in [9.17, 15) is 9.59 Å². The fraction of sp³-hybridized carbons (Fsp3) is 0.118. The number of hydrazone groups is 1. The lowest BCUT2D eigenvalue weighted by Gasteiger charge is -2.14. The number of nitrogens with one attached hydrogen (secondary N) is 1. The number of rotatable bonds is 10. The van der Waals surface area contributed by atoms with E-state index in [0.717, 1.165) is 10.0 Å². The van der Waals surface area contributed by atoms with E-state index < -0.39 is 11.9 Å². The molecule has 0 bridgehead atoms. The molecule has 5 aromatic rings. The molecule has 10 nitrogen and oxygen atoms in total. The van der Waals surface area contributed by atoms with Crippen LogP contribution in [0.1, 0.15) is 26.3 Å². The number of fused-ring (bicyclic) bond motifs is 1. The maximum absolute atomic E-state index is 13.3. The van der Waals surface area contributed by atoms with Gasteiger partial charge in [0.1, 0.15) is 0 Å². The number of hydrogen-bond donors (Lipinski definition) is 1. The van der Waals surface area contributed by atoms with Crippen molar-refractivity contribution in [1.29, 1.82) is 0 Å². The van der Waals surface area contributed by atoms with Crippen LogP contribution in [0.3, 0.4) is 0 Å². The van der Waals surface area contributed by atoms with E-state index in [-0.39, 0.29) is 17.1 Å². The molecule has 11 heteroatoms. The van der Waals surface area contributed by atoms with Gasteiger partial charge in [-0.05, 0) is 60.2 Å². The van der Waals surface area contributed by atoms with E-state index in [1.165, 1.54) is 46.8 Å². The average molecular weight is 671 g/mol. The normalized spacial score (nSPS) is 10.9. The number of para-hydroxylation sites is 1. The third kappa shape index (κ3) is 6.89. The van der Waals surface area contributed by atoms with Crippen molar-refractivity contribution >= 4 is 44.9 Å². The summed E-state index contributed by atoms with van der Waals surface area (Å²) in [5.74, 6) is 0.389. The van der Waals surface area contributed by atoms with Gasteiger partial charge in [-0.3, -0.25) is 4.79 Å².